The number of aryl methyl sites for hydroxylation is 1. The number of nitrogens with zero attached hydrogens (tertiary/aromatic N) is 1. The molecule has 2 aromatic rings. The highest BCUT2D eigenvalue weighted by Gasteiger charge is 2.16. The first-order valence-electron chi connectivity index (χ1n) is 5.39. The van der Waals surface area contributed by atoms with Crippen LogP contribution in [0, 0.1) is 0 Å². The number of nitrogens with two attached hydrogens (primary N) is 1. The Morgan fingerprint density at radius 2 is 1.89 bits per heavy atom. The van der Waals surface area contributed by atoms with E-state index in [0.29, 0.717) is 16.3 Å². The summed E-state index contributed by atoms with van der Waals surface area (Å²) >= 11 is 5.84. The average Bonchev–Trinajstić information content (AvgIpc) is 2.69. The molecule has 0 saturated carbocycles. The summed E-state index contributed by atoms with van der Waals surface area (Å²) in [5.41, 5.74) is 6.65. The predicted molar refractivity (Wildman–Crippen MR) is 71.7 cm³/mol. The zero-order valence-electron chi connectivity index (χ0n) is 10.1. The lowest BCUT2D eigenvalue weighted by Crippen LogP contribution is -2.02. The van der Waals surface area contributed by atoms with Crippen LogP contribution in [-0.2, 0) is 7.05 Å². The minimum Gasteiger partial charge on any atom is -0.477 e. The summed E-state index contributed by atoms with van der Waals surface area (Å²) in [7, 11) is 1.56. The van der Waals surface area contributed by atoms with Crippen molar-refractivity contribution in [3.05, 3.63) is 52.3 Å². The third-order valence-corrected chi connectivity index (χ3v) is 2.89. The summed E-state index contributed by atoms with van der Waals surface area (Å²) in [4.78, 5) is 23.1. The van der Waals surface area contributed by atoms with Gasteiger partial charge in [-0.3, -0.25) is 4.79 Å². The average molecular weight is 279 g/mol. The number of aromatic nitrogens is 1. The molecule has 0 aliphatic heterocycles. The zero-order valence-corrected chi connectivity index (χ0v) is 10.8. The number of nitrogen functional groups attached to an aromatic ring is 1. The summed E-state index contributed by atoms with van der Waals surface area (Å²) in [5.74, 6) is -1.41. The van der Waals surface area contributed by atoms with Crippen LogP contribution in [0.3, 0.4) is 0 Å². The van der Waals surface area contributed by atoms with Gasteiger partial charge in [0.15, 0.2) is 5.78 Å². The highest BCUT2D eigenvalue weighted by atomic mass is 35.5. The minimum atomic E-state index is -1.09. The van der Waals surface area contributed by atoms with Crippen LogP contribution < -0.4 is 5.73 Å². The Labute approximate surface area is 114 Å². The smallest absolute Gasteiger partial charge is 0.352 e. The van der Waals surface area contributed by atoms with Crippen molar-refractivity contribution >= 4 is 29.0 Å². The van der Waals surface area contributed by atoms with Crippen LogP contribution in [0.5, 0.6) is 0 Å². The lowest BCUT2D eigenvalue weighted by Gasteiger charge is -2.01. The van der Waals surface area contributed by atoms with Gasteiger partial charge in [-0.15, -0.1) is 0 Å². The Morgan fingerprint density at radius 3 is 2.42 bits per heavy atom. The van der Waals surface area contributed by atoms with Gasteiger partial charge in [-0.1, -0.05) is 11.6 Å². The Balaban J connectivity index is 2.44. The Bertz CT molecular complexity index is 656. The maximum atomic E-state index is 12.2. The normalized spacial score (nSPS) is 10.4. The third kappa shape index (κ3) is 2.61. The fraction of sp³-hybridized carbons (Fsp3) is 0.0769. The topological polar surface area (TPSA) is 85.3 Å². The number of carbonyl (C=O) groups is 2. The number of benzene rings is 1. The number of halogens is 1. The van der Waals surface area contributed by atoms with Gasteiger partial charge in [0, 0.05) is 35.1 Å². The standard InChI is InChI=1S/C13H11ClN2O3/c1-16-6-8(4-11(16)13(18)19)12(17)7-2-9(14)5-10(15)3-7/h2-6H,15H2,1H3,(H,18,19). The number of aromatic carboxylic acids is 1. The van der Waals surface area contributed by atoms with Gasteiger partial charge in [-0.2, -0.15) is 0 Å². The number of ketones is 1. The quantitative estimate of drug-likeness (QED) is 0.666. The molecule has 0 saturated heterocycles. The second kappa shape index (κ2) is 4.78. The molecule has 0 atom stereocenters. The third-order valence-electron chi connectivity index (χ3n) is 2.67. The Kier molecular flexibility index (Phi) is 3.31. The molecule has 19 heavy (non-hydrogen) atoms. The number of hydrogen-bond donors (Lipinski definition) is 2. The van der Waals surface area contributed by atoms with Gasteiger partial charge in [0.25, 0.3) is 0 Å². The number of anilines is 1. The summed E-state index contributed by atoms with van der Waals surface area (Å²) in [6.07, 6.45) is 1.46. The minimum absolute atomic E-state index is 0.0401. The van der Waals surface area contributed by atoms with E-state index in [1.807, 2.05) is 0 Å². The molecule has 5 nitrogen and oxygen atoms in total. The van der Waals surface area contributed by atoms with E-state index < -0.39 is 5.97 Å². The van der Waals surface area contributed by atoms with Crippen LogP contribution in [0.1, 0.15) is 26.4 Å². The van der Waals surface area contributed by atoms with Gasteiger partial charge in [0.2, 0.25) is 0 Å². The first kappa shape index (κ1) is 13.2. The largest absolute Gasteiger partial charge is 0.477 e. The van der Waals surface area contributed by atoms with Gasteiger partial charge in [-0.05, 0) is 24.3 Å². The summed E-state index contributed by atoms with van der Waals surface area (Å²) in [6.45, 7) is 0. The van der Waals surface area contributed by atoms with Crippen molar-refractivity contribution in [2.24, 2.45) is 7.05 Å². The number of carboxylic acids is 1. The SMILES string of the molecule is Cn1cc(C(=O)c2cc(N)cc(Cl)c2)cc1C(=O)O. The van der Waals surface area contributed by atoms with Crippen LogP contribution in [0.25, 0.3) is 0 Å². The van der Waals surface area contributed by atoms with Crippen LogP contribution in [0.15, 0.2) is 30.5 Å². The molecule has 6 heteroatoms. The lowest BCUT2D eigenvalue weighted by atomic mass is 10.1. The molecular formula is C13H11ClN2O3. The molecular weight excluding hydrogens is 268 g/mol. The fourth-order valence-corrected chi connectivity index (χ4v) is 2.05. The van der Waals surface area contributed by atoms with Gasteiger partial charge >= 0.3 is 5.97 Å². The van der Waals surface area contributed by atoms with Crippen molar-refractivity contribution in [3.8, 4) is 0 Å². The maximum Gasteiger partial charge on any atom is 0.352 e. The van der Waals surface area contributed by atoms with Gasteiger partial charge in [0.1, 0.15) is 5.69 Å². The van der Waals surface area contributed by atoms with E-state index >= 15 is 0 Å². The zero-order chi connectivity index (χ0) is 14.2. The summed E-state index contributed by atoms with van der Waals surface area (Å²) in [6, 6.07) is 5.85. The highest BCUT2D eigenvalue weighted by Crippen LogP contribution is 2.20. The molecule has 2 rings (SSSR count). The molecule has 1 aromatic heterocycles. The fourth-order valence-electron chi connectivity index (χ4n) is 1.81. The molecule has 0 aliphatic rings. The number of rotatable bonds is 3. The molecule has 0 amide bonds. The summed E-state index contributed by atoms with van der Waals surface area (Å²) in [5, 5.41) is 9.31. The van der Waals surface area contributed by atoms with E-state index in [2.05, 4.69) is 0 Å². The van der Waals surface area contributed by atoms with E-state index in [4.69, 9.17) is 22.4 Å². The molecule has 3 N–H and O–H groups in total. The summed E-state index contributed by atoms with van der Waals surface area (Å²) < 4.78 is 1.38. The van der Waals surface area contributed by atoms with Crippen LogP contribution >= 0.6 is 11.6 Å². The van der Waals surface area contributed by atoms with Gasteiger partial charge in [-0.25, -0.2) is 4.79 Å². The maximum absolute atomic E-state index is 12.2. The number of carbonyl (C=O) groups excluding carboxylic acids is 1. The molecule has 1 aromatic carbocycles. The van der Waals surface area contributed by atoms with E-state index in [1.165, 1.54) is 35.0 Å². The molecule has 98 valence electrons. The van der Waals surface area contributed by atoms with Crippen molar-refractivity contribution in [1.29, 1.82) is 0 Å². The second-order valence-electron chi connectivity index (χ2n) is 4.13. The van der Waals surface area contributed by atoms with E-state index in [1.54, 1.807) is 7.05 Å². The van der Waals surface area contributed by atoms with Crippen molar-refractivity contribution in [2.75, 3.05) is 5.73 Å². The molecule has 0 unspecified atom stereocenters. The lowest BCUT2D eigenvalue weighted by molar-refractivity contribution is 0.0686. The molecule has 0 fully saturated rings. The molecule has 0 spiro atoms. The number of hydrogen-bond acceptors (Lipinski definition) is 3. The van der Waals surface area contributed by atoms with Crippen molar-refractivity contribution in [1.82, 2.24) is 4.57 Å². The van der Waals surface area contributed by atoms with E-state index in [0.717, 1.165) is 0 Å². The van der Waals surface area contributed by atoms with E-state index in [-0.39, 0.29) is 17.0 Å². The molecule has 0 radical (unpaired) electrons. The van der Waals surface area contributed by atoms with Gasteiger partial charge in [0.05, 0.1) is 0 Å². The van der Waals surface area contributed by atoms with Crippen molar-refractivity contribution in [2.45, 2.75) is 0 Å². The van der Waals surface area contributed by atoms with Crippen molar-refractivity contribution < 1.29 is 14.7 Å². The highest BCUT2D eigenvalue weighted by molar-refractivity contribution is 6.31. The second-order valence-corrected chi connectivity index (χ2v) is 4.57. The molecule has 0 aliphatic carbocycles. The monoisotopic (exact) mass is 278 g/mol. The number of carboxylic acid groups (broad SMARTS) is 1. The molecule has 1 heterocycles. The van der Waals surface area contributed by atoms with Crippen molar-refractivity contribution in [3.63, 3.8) is 0 Å². The first-order valence-corrected chi connectivity index (χ1v) is 5.76. The Hall–Kier alpha value is -2.27. The Morgan fingerprint density at radius 1 is 1.21 bits per heavy atom. The first-order chi connectivity index (χ1) is 8.88. The van der Waals surface area contributed by atoms with E-state index in [9.17, 15) is 9.59 Å². The predicted octanol–water partition coefficient (Wildman–Crippen LogP) is 2.19. The van der Waals surface area contributed by atoms with Gasteiger partial charge < -0.3 is 15.4 Å². The molecule has 0 bridgehead atoms. The van der Waals surface area contributed by atoms with Crippen LogP contribution in [0.2, 0.25) is 5.02 Å². The van der Waals surface area contributed by atoms with Crippen LogP contribution in [-0.4, -0.2) is 21.4 Å². The van der Waals surface area contributed by atoms with Crippen LogP contribution in [0.4, 0.5) is 5.69 Å².